The van der Waals surface area contributed by atoms with Gasteiger partial charge in [0.2, 0.25) is 0 Å². The van der Waals surface area contributed by atoms with Gasteiger partial charge in [-0.15, -0.1) is 0 Å². The number of hydrogen-bond donors (Lipinski definition) is 1. The lowest BCUT2D eigenvalue weighted by atomic mass is 10.0. The molecule has 0 atom stereocenters. The number of carbonyl (C=O) groups excluding carboxylic acids is 1. The summed E-state index contributed by atoms with van der Waals surface area (Å²) in [4.78, 5) is 12.6. The Balaban J connectivity index is 1.95. The van der Waals surface area contributed by atoms with Crippen LogP contribution in [0, 0.1) is 33.5 Å². The Hall–Kier alpha value is -3.45. The van der Waals surface area contributed by atoms with Crippen LogP contribution in [0.25, 0.3) is 16.6 Å². The van der Waals surface area contributed by atoms with Crippen LogP contribution in [-0.2, 0) is 10.0 Å². The monoisotopic (exact) mass is 464 g/mol. The molecule has 0 saturated carbocycles. The summed E-state index contributed by atoms with van der Waals surface area (Å²) in [6.45, 7) is 9.18. The predicted octanol–water partition coefficient (Wildman–Crippen LogP) is 6.01. The maximum atomic E-state index is 13.3. The maximum absolute atomic E-state index is 13.3. The molecule has 170 valence electrons. The Morgan fingerprint density at radius 2 is 1.52 bits per heavy atom. The van der Waals surface area contributed by atoms with Gasteiger partial charge in [0.05, 0.1) is 16.1 Å². The number of benzene rings is 3. The van der Waals surface area contributed by atoms with Gasteiger partial charge in [-0.2, -0.15) is 0 Å². The van der Waals surface area contributed by atoms with E-state index in [1.165, 1.54) is 19.1 Å². The first-order valence-corrected chi connectivity index (χ1v) is 12.0. The molecule has 0 bridgehead atoms. The number of fused-ring (bicyclic) bond motifs is 1. The number of hydrogen-bond acceptors (Lipinski definition) is 3. The van der Waals surface area contributed by atoms with Crippen molar-refractivity contribution in [2.24, 2.45) is 0 Å². The van der Waals surface area contributed by atoms with E-state index >= 15 is 0 Å². The molecule has 0 aliphatic carbocycles. The number of halogens is 1. The molecule has 0 fully saturated rings. The van der Waals surface area contributed by atoms with Gasteiger partial charge in [0.15, 0.2) is 5.78 Å². The van der Waals surface area contributed by atoms with Crippen LogP contribution in [0.4, 0.5) is 10.1 Å². The number of aromatic nitrogens is 1. The van der Waals surface area contributed by atoms with Gasteiger partial charge in [0.1, 0.15) is 5.82 Å². The highest BCUT2D eigenvalue weighted by Gasteiger charge is 2.24. The second-order valence-electron chi connectivity index (χ2n) is 8.32. The number of anilines is 1. The predicted molar refractivity (Wildman–Crippen MR) is 129 cm³/mol. The van der Waals surface area contributed by atoms with Gasteiger partial charge in [-0.3, -0.25) is 9.52 Å². The SMILES string of the molecule is CC(=O)c1c(C)n(-c2ccc(C)cc2)c2c(C)c(C)c(NS(=O)(=O)c3ccc(F)cc3)cc12. The fourth-order valence-corrected chi connectivity index (χ4v) is 5.35. The summed E-state index contributed by atoms with van der Waals surface area (Å²) in [5.41, 5.74) is 6.26. The summed E-state index contributed by atoms with van der Waals surface area (Å²) in [6, 6.07) is 14.4. The molecule has 33 heavy (non-hydrogen) atoms. The number of nitrogens with zero attached hydrogens (tertiary/aromatic N) is 1. The number of carbonyl (C=O) groups is 1. The largest absolute Gasteiger partial charge is 0.313 e. The molecule has 0 radical (unpaired) electrons. The third-order valence-electron chi connectivity index (χ3n) is 6.07. The van der Waals surface area contributed by atoms with Gasteiger partial charge in [-0.05, 0) is 88.2 Å². The zero-order valence-electron chi connectivity index (χ0n) is 19.2. The minimum Gasteiger partial charge on any atom is -0.313 e. The molecule has 1 N–H and O–H groups in total. The van der Waals surface area contributed by atoms with Crippen molar-refractivity contribution in [2.45, 2.75) is 39.5 Å². The van der Waals surface area contributed by atoms with Crippen molar-refractivity contribution in [2.75, 3.05) is 4.72 Å². The standard InChI is InChI=1S/C26H25FN2O3S/c1-15-6-10-21(11-7-15)29-18(4)25(19(5)30)23-14-24(16(2)17(3)26(23)29)28-33(31,32)22-12-8-20(27)9-13-22/h6-14,28H,1-5H3. The second-order valence-corrected chi connectivity index (χ2v) is 10.00. The normalized spacial score (nSPS) is 11.7. The molecule has 0 spiro atoms. The van der Waals surface area contributed by atoms with Gasteiger partial charge in [0, 0.05) is 22.3 Å². The van der Waals surface area contributed by atoms with Crippen molar-refractivity contribution in [3.05, 3.63) is 88.4 Å². The van der Waals surface area contributed by atoms with Crippen LogP contribution in [-0.4, -0.2) is 18.8 Å². The van der Waals surface area contributed by atoms with E-state index in [9.17, 15) is 17.6 Å². The first-order chi connectivity index (χ1) is 15.5. The fourth-order valence-electron chi connectivity index (χ4n) is 4.24. The summed E-state index contributed by atoms with van der Waals surface area (Å²) >= 11 is 0. The zero-order chi connectivity index (χ0) is 24.1. The molecule has 4 rings (SSSR count). The molecule has 0 unspecified atom stereocenters. The van der Waals surface area contributed by atoms with Crippen LogP contribution in [0.15, 0.2) is 59.5 Å². The van der Waals surface area contributed by atoms with Crippen LogP contribution in [0.3, 0.4) is 0 Å². The molecule has 0 saturated heterocycles. The average Bonchev–Trinajstić information content (AvgIpc) is 3.04. The number of rotatable bonds is 5. The lowest BCUT2D eigenvalue weighted by molar-refractivity contribution is 0.101. The summed E-state index contributed by atoms with van der Waals surface area (Å²) in [6.07, 6.45) is 0. The number of Topliss-reactive ketones (excluding diaryl/α,β-unsaturated/α-hetero) is 1. The molecule has 4 aromatic rings. The van der Waals surface area contributed by atoms with Gasteiger partial charge in [0.25, 0.3) is 10.0 Å². The van der Waals surface area contributed by atoms with E-state index in [1.54, 1.807) is 6.07 Å². The fraction of sp³-hybridized carbons (Fsp3) is 0.192. The molecule has 7 heteroatoms. The molecule has 3 aromatic carbocycles. The van der Waals surface area contributed by atoms with Crippen LogP contribution in [0.1, 0.15) is 39.7 Å². The Labute approximate surface area is 192 Å². The molecule has 0 aliphatic rings. The van der Waals surface area contributed by atoms with E-state index in [4.69, 9.17) is 0 Å². The zero-order valence-corrected chi connectivity index (χ0v) is 20.0. The lowest BCUT2D eigenvalue weighted by Crippen LogP contribution is -2.14. The smallest absolute Gasteiger partial charge is 0.261 e. The molecule has 1 heterocycles. The topological polar surface area (TPSA) is 68.2 Å². The van der Waals surface area contributed by atoms with E-state index in [0.717, 1.165) is 45.7 Å². The number of nitrogens with one attached hydrogen (secondary N) is 1. The number of aryl methyl sites for hydroxylation is 2. The van der Waals surface area contributed by atoms with E-state index in [0.29, 0.717) is 16.6 Å². The molecular formula is C26H25FN2O3S. The lowest BCUT2D eigenvalue weighted by Gasteiger charge is -2.16. The Kier molecular flexibility index (Phi) is 5.62. The number of sulfonamides is 1. The van der Waals surface area contributed by atoms with Crippen molar-refractivity contribution in [3.63, 3.8) is 0 Å². The highest BCUT2D eigenvalue weighted by Crippen LogP contribution is 2.37. The summed E-state index contributed by atoms with van der Waals surface area (Å²) < 4.78 is 43.8. The summed E-state index contributed by atoms with van der Waals surface area (Å²) in [5, 5.41) is 0.681. The quantitative estimate of drug-likeness (QED) is 0.368. The van der Waals surface area contributed by atoms with Crippen LogP contribution in [0.2, 0.25) is 0 Å². The molecule has 0 amide bonds. The van der Waals surface area contributed by atoms with E-state index < -0.39 is 15.8 Å². The van der Waals surface area contributed by atoms with E-state index in [2.05, 4.69) is 4.72 Å². The van der Waals surface area contributed by atoms with Crippen molar-refractivity contribution in [1.82, 2.24) is 4.57 Å². The van der Waals surface area contributed by atoms with Crippen molar-refractivity contribution < 1.29 is 17.6 Å². The van der Waals surface area contributed by atoms with Gasteiger partial charge in [-0.1, -0.05) is 17.7 Å². The van der Waals surface area contributed by atoms with E-state index in [1.807, 2.05) is 56.5 Å². The first kappa shape index (κ1) is 22.7. The average molecular weight is 465 g/mol. The van der Waals surface area contributed by atoms with Crippen LogP contribution < -0.4 is 4.72 Å². The van der Waals surface area contributed by atoms with Crippen molar-refractivity contribution in [1.29, 1.82) is 0 Å². The van der Waals surface area contributed by atoms with Gasteiger partial charge < -0.3 is 4.57 Å². The van der Waals surface area contributed by atoms with Crippen molar-refractivity contribution in [3.8, 4) is 5.69 Å². The second kappa shape index (κ2) is 8.15. The Morgan fingerprint density at radius 3 is 2.09 bits per heavy atom. The molecular weight excluding hydrogens is 439 g/mol. The van der Waals surface area contributed by atoms with Crippen LogP contribution >= 0.6 is 0 Å². The van der Waals surface area contributed by atoms with Crippen LogP contribution in [0.5, 0.6) is 0 Å². The maximum Gasteiger partial charge on any atom is 0.261 e. The third kappa shape index (κ3) is 3.93. The molecule has 5 nitrogen and oxygen atoms in total. The van der Waals surface area contributed by atoms with Gasteiger partial charge >= 0.3 is 0 Å². The Bertz CT molecular complexity index is 1500. The highest BCUT2D eigenvalue weighted by molar-refractivity contribution is 7.92. The Morgan fingerprint density at radius 1 is 0.909 bits per heavy atom. The van der Waals surface area contributed by atoms with Gasteiger partial charge in [-0.25, -0.2) is 12.8 Å². The number of ketones is 1. The molecule has 1 aromatic heterocycles. The summed E-state index contributed by atoms with van der Waals surface area (Å²) in [5.74, 6) is -0.611. The minimum atomic E-state index is -3.94. The molecule has 0 aliphatic heterocycles. The third-order valence-corrected chi connectivity index (χ3v) is 7.45. The minimum absolute atomic E-state index is 0.0405. The first-order valence-electron chi connectivity index (χ1n) is 10.5. The van der Waals surface area contributed by atoms with Crippen molar-refractivity contribution >= 4 is 32.4 Å². The van der Waals surface area contributed by atoms with E-state index in [-0.39, 0.29) is 10.7 Å². The highest BCUT2D eigenvalue weighted by atomic mass is 32.2. The summed E-state index contributed by atoms with van der Waals surface area (Å²) in [7, 11) is -3.94.